The van der Waals surface area contributed by atoms with Gasteiger partial charge in [0.25, 0.3) is 0 Å². The Morgan fingerprint density at radius 1 is 1.23 bits per heavy atom. The van der Waals surface area contributed by atoms with Crippen LogP contribution in [0, 0.1) is 5.41 Å². The van der Waals surface area contributed by atoms with Gasteiger partial charge in [-0.05, 0) is 37.3 Å². The third-order valence-electron chi connectivity index (χ3n) is 3.94. The maximum atomic E-state index is 5.56. The summed E-state index contributed by atoms with van der Waals surface area (Å²) in [5, 5.41) is 6.72. The lowest BCUT2D eigenvalue weighted by Gasteiger charge is -2.22. The fourth-order valence-electron chi connectivity index (χ4n) is 2.43. The Kier molecular flexibility index (Phi) is 9.12. The van der Waals surface area contributed by atoms with Crippen molar-refractivity contribution in [2.45, 2.75) is 53.1 Å². The van der Waals surface area contributed by atoms with Crippen LogP contribution in [0.3, 0.4) is 0 Å². The van der Waals surface area contributed by atoms with E-state index in [-0.39, 0.29) is 24.0 Å². The molecule has 0 bridgehead atoms. The maximum Gasteiger partial charge on any atom is 0.226 e. The number of rotatable bonds is 6. The number of nitrogens with one attached hydrogen (secondary N) is 2. The van der Waals surface area contributed by atoms with Crippen LogP contribution in [0.25, 0.3) is 11.5 Å². The molecule has 2 rings (SSSR count). The molecular formula is C20H31IN4O. The molecule has 5 nitrogen and oxygen atoms in total. The van der Waals surface area contributed by atoms with Crippen LogP contribution < -0.4 is 10.6 Å². The third kappa shape index (κ3) is 7.76. The van der Waals surface area contributed by atoms with Crippen LogP contribution in [0.2, 0.25) is 0 Å². The lowest BCUT2D eigenvalue weighted by atomic mass is 9.89. The molecule has 6 heteroatoms. The van der Waals surface area contributed by atoms with Crippen LogP contribution in [-0.2, 0) is 6.54 Å². The van der Waals surface area contributed by atoms with E-state index in [1.807, 2.05) is 30.3 Å². The first kappa shape index (κ1) is 22.5. The van der Waals surface area contributed by atoms with E-state index < -0.39 is 0 Å². The van der Waals surface area contributed by atoms with E-state index in [1.165, 1.54) is 6.42 Å². The number of oxazole rings is 1. The number of hydrogen-bond acceptors (Lipinski definition) is 3. The standard InChI is InChI=1S/C20H30N4O.HI/c1-15(11-12-20(2,3)4)23-19(21-5)22-13-17-14-25-18(24-17)16-9-7-6-8-10-16;/h6-10,14-15H,11-13H2,1-5H3,(H2,21,22,23);1H. The lowest BCUT2D eigenvalue weighted by Crippen LogP contribution is -2.42. The van der Waals surface area contributed by atoms with Gasteiger partial charge in [-0.2, -0.15) is 0 Å². The summed E-state index contributed by atoms with van der Waals surface area (Å²) >= 11 is 0. The number of aromatic nitrogens is 1. The Balaban J connectivity index is 0.00000338. The molecule has 0 saturated carbocycles. The van der Waals surface area contributed by atoms with Gasteiger partial charge < -0.3 is 15.1 Å². The molecule has 1 unspecified atom stereocenters. The minimum absolute atomic E-state index is 0. The van der Waals surface area contributed by atoms with E-state index in [4.69, 9.17) is 4.42 Å². The van der Waals surface area contributed by atoms with E-state index in [0.717, 1.165) is 23.6 Å². The molecule has 0 aliphatic heterocycles. The van der Waals surface area contributed by atoms with Gasteiger partial charge in [0.15, 0.2) is 5.96 Å². The largest absolute Gasteiger partial charge is 0.444 e. The number of benzene rings is 1. The zero-order valence-corrected chi connectivity index (χ0v) is 18.7. The molecule has 1 aromatic heterocycles. The van der Waals surface area contributed by atoms with Gasteiger partial charge in [-0.15, -0.1) is 24.0 Å². The van der Waals surface area contributed by atoms with Crippen molar-refractivity contribution in [1.82, 2.24) is 15.6 Å². The average Bonchev–Trinajstić information content (AvgIpc) is 3.06. The number of hydrogen-bond donors (Lipinski definition) is 2. The molecule has 1 atom stereocenters. The van der Waals surface area contributed by atoms with Crippen molar-refractivity contribution in [2.24, 2.45) is 10.4 Å². The number of nitrogens with zero attached hydrogens (tertiary/aromatic N) is 2. The second-order valence-corrected chi connectivity index (χ2v) is 7.58. The monoisotopic (exact) mass is 470 g/mol. The van der Waals surface area contributed by atoms with Crippen LogP contribution in [-0.4, -0.2) is 24.0 Å². The van der Waals surface area contributed by atoms with Crippen molar-refractivity contribution in [3.05, 3.63) is 42.3 Å². The first-order valence-corrected chi connectivity index (χ1v) is 8.84. The maximum absolute atomic E-state index is 5.56. The van der Waals surface area contributed by atoms with Gasteiger partial charge in [-0.25, -0.2) is 4.98 Å². The molecular weight excluding hydrogens is 439 g/mol. The van der Waals surface area contributed by atoms with Gasteiger partial charge in [0.05, 0.1) is 12.2 Å². The van der Waals surface area contributed by atoms with Crippen molar-refractivity contribution < 1.29 is 4.42 Å². The third-order valence-corrected chi connectivity index (χ3v) is 3.94. The average molecular weight is 470 g/mol. The van der Waals surface area contributed by atoms with Gasteiger partial charge in [-0.1, -0.05) is 39.0 Å². The summed E-state index contributed by atoms with van der Waals surface area (Å²) in [5.74, 6) is 1.42. The van der Waals surface area contributed by atoms with Crippen LogP contribution in [0.1, 0.15) is 46.2 Å². The van der Waals surface area contributed by atoms with Crippen molar-refractivity contribution in [1.29, 1.82) is 0 Å². The second kappa shape index (κ2) is 10.5. The molecule has 0 aliphatic carbocycles. The molecule has 1 heterocycles. The molecule has 1 aromatic carbocycles. The van der Waals surface area contributed by atoms with Gasteiger partial charge in [0, 0.05) is 18.7 Å². The Labute approximate surface area is 174 Å². The van der Waals surface area contributed by atoms with Gasteiger partial charge in [0.1, 0.15) is 6.26 Å². The fourth-order valence-corrected chi connectivity index (χ4v) is 2.43. The molecule has 26 heavy (non-hydrogen) atoms. The smallest absolute Gasteiger partial charge is 0.226 e. The van der Waals surface area contributed by atoms with E-state index in [9.17, 15) is 0 Å². The van der Waals surface area contributed by atoms with Gasteiger partial charge in [0.2, 0.25) is 5.89 Å². The summed E-state index contributed by atoms with van der Waals surface area (Å²) < 4.78 is 5.56. The predicted molar refractivity (Wildman–Crippen MR) is 119 cm³/mol. The second-order valence-electron chi connectivity index (χ2n) is 7.58. The number of halogens is 1. The highest BCUT2D eigenvalue weighted by Gasteiger charge is 2.13. The molecule has 0 aliphatic rings. The molecule has 144 valence electrons. The first-order chi connectivity index (χ1) is 11.9. The normalized spacial score (nSPS) is 13.0. The first-order valence-electron chi connectivity index (χ1n) is 8.84. The summed E-state index contributed by atoms with van der Waals surface area (Å²) in [6.07, 6.45) is 3.96. The van der Waals surface area contributed by atoms with Crippen molar-refractivity contribution in [3.63, 3.8) is 0 Å². The number of guanidine groups is 1. The summed E-state index contributed by atoms with van der Waals surface area (Å²) in [6, 6.07) is 10.3. The predicted octanol–water partition coefficient (Wildman–Crippen LogP) is 4.84. The lowest BCUT2D eigenvalue weighted by molar-refractivity contribution is 0.346. The highest BCUT2D eigenvalue weighted by Crippen LogP contribution is 2.21. The zero-order valence-electron chi connectivity index (χ0n) is 16.4. The van der Waals surface area contributed by atoms with Crippen molar-refractivity contribution >= 4 is 29.9 Å². The Bertz CT molecular complexity index is 677. The van der Waals surface area contributed by atoms with E-state index >= 15 is 0 Å². The summed E-state index contributed by atoms with van der Waals surface area (Å²) in [6.45, 7) is 9.55. The molecule has 0 amide bonds. The highest BCUT2D eigenvalue weighted by molar-refractivity contribution is 14.0. The van der Waals surface area contributed by atoms with Crippen LogP contribution >= 0.6 is 24.0 Å². The molecule has 0 radical (unpaired) electrons. The van der Waals surface area contributed by atoms with Crippen LogP contribution in [0.5, 0.6) is 0 Å². The van der Waals surface area contributed by atoms with Gasteiger partial charge >= 0.3 is 0 Å². The zero-order chi connectivity index (χ0) is 18.3. The highest BCUT2D eigenvalue weighted by atomic mass is 127. The summed E-state index contributed by atoms with van der Waals surface area (Å²) in [7, 11) is 1.78. The Morgan fingerprint density at radius 2 is 1.92 bits per heavy atom. The van der Waals surface area contributed by atoms with Crippen LogP contribution in [0.15, 0.2) is 46.0 Å². The van der Waals surface area contributed by atoms with E-state index in [1.54, 1.807) is 13.3 Å². The number of aliphatic imine (C=N–C) groups is 1. The van der Waals surface area contributed by atoms with E-state index in [0.29, 0.717) is 23.9 Å². The molecule has 0 spiro atoms. The minimum Gasteiger partial charge on any atom is -0.444 e. The molecule has 2 N–H and O–H groups in total. The SMILES string of the molecule is CN=C(NCc1coc(-c2ccccc2)n1)NC(C)CCC(C)(C)C.I. The van der Waals surface area contributed by atoms with Crippen molar-refractivity contribution in [3.8, 4) is 11.5 Å². The summed E-state index contributed by atoms with van der Waals surface area (Å²) in [4.78, 5) is 8.81. The van der Waals surface area contributed by atoms with Crippen molar-refractivity contribution in [2.75, 3.05) is 7.05 Å². The quantitative estimate of drug-likeness (QED) is 0.361. The minimum atomic E-state index is 0. The summed E-state index contributed by atoms with van der Waals surface area (Å²) in [5.41, 5.74) is 2.18. The molecule has 0 saturated heterocycles. The fraction of sp³-hybridized carbons (Fsp3) is 0.500. The van der Waals surface area contributed by atoms with E-state index in [2.05, 4.69) is 48.3 Å². The van der Waals surface area contributed by atoms with Crippen LogP contribution in [0.4, 0.5) is 0 Å². The molecule has 2 aromatic rings. The molecule has 0 fully saturated rings. The Morgan fingerprint density at radius 3 is 2.54 bits per heavy atom. The van der Waals surface area contributed by atoms with Gasteiger partial charge in [-0.3, -0.25) is 4.99 Å². The topological polar surface area (TPSA) is 62.5 Å². The Hall–Kier alpha value is -1.57.